The van der Waals surface area contributed by atoms with Gasteiger partial charge < -0.3 is 9.72 Å². The number of hydrogen-bond donors (Lipinski definition) is 1. The van der Waals surface area contributed by atoms with E-state index in [1.54, 1.807) is 0 Å². The van der Waals surface area contributed by atoms with Crippen molar-refractivity contribution in [2.24, 2.45) is 5.92 Å². The molecule has 0 bridgehead atoms. The van der Waals surface area contributed by atoms with Gasteiger partial charge in [-0.05, 0) is 53.6 Å². The molecule has 1 aromatic carbocycles. The average molecular weight is 321 g/mol. The number of nitrogens with one attached hydrogen (secondary N) is 1. The van der Waals surface area contributed by atoms with E-state index in [1.165, 1.54) is 16.5 Å². The van der Waals surface area contributed by atoms with Crippen LogP contribution in [0.2, 0.25) is 0 Å². The van der Waals surface area contributed by atoms with E-state index >= 15 is 0 Å². The average Bonchev–Trinajstić information content (AvgIpc) is 2.96. The Kier molecular flexibility index (Phi) is 4.58. The molecular formula is C20H23N3O. The fourth-order valence-electron chi connectivity index (χ4n) is 3.50. The van der Waals surface area contributed by atoms with Gasteiger partial charge in [-0.25, -0.2) is 0 Å². The highest BCUT2D eigenvalue weighted by Gasteiger charge is 2.19. The molecule has 124 valence electrons. The monoisotopic (exact) mass is 321 g/mol. The molecule has 1 saturated heterocycles. The zero-order valence-electron chi connectivity index (χ0n) is 13.8. The van der Waals surface area contributed by atoms with Crippen LogP contribution in [0.4, 0.5) is 0 Å². The Morgan fingerprint density at radius 3 is 3.12 bits per heavy atom. The Balaban J connectivity index is 1.43. The van der Waals surface area contributed by atoms with Crippen molar-refractivity contribution in [3.8, 4) is 0 Å². The first kappa shape index (κ1) is 15.4. The van der Waals surface area contributed by atoms with E-state index in [0.717, 1.165) is 45.0 Å². The number of ether oxygens (including phenoxy) is 1. The predicted octanol–water partition coefficient (Wildman–Crippen LogP) is 3.25. The third-order valence-electron chi connectivity index (χ3n) is 4.68. The van der Waals surface area contributed by atoms with Crippen LogP contribution in [0.5, 0.6) is 0 Å². The first-order chi connectivity index (χ1) is 11.9. The van der Waals surface area contributed by atoms with Gasteiger partial charge in [0.05, 0.1) is 18.9 Å². The molecule has 4 rings (SSSR count). The van der Waals surface area contributed by atoms with Crippen LogP contribution >= 0.6 is 0 Å². The molecule has 0 saturated carbocycles. The third-order valence-corrected chi connectivity index (χ3v) is 4.68. The molecule has 1 aliphatic rings. The summed E-state index contributed by atoms with van der Waals surface area (Å²) in [5.41, 5.74) is 3.72. The number of aromatic amines is 1. The van der Waals surface area contributed by atoms with Crippen LogP contribution in [0.15, 0.2) is 54.9 Å². The molecule has 1 atom stereocenters. The second-order valence-corrected chi connectivity index (χ2v) is 6.60. The number of hydrogen-bond acceptors (Lipinski definition) is 3. The zero-order chi connectivity index (χ0) is 16.2. The molecule has 1 aliphatic heterocycles. The summed E-state index contributed by atoms with van der Waals surface area (Å²) in [6.07, 6.45) is 4.92. The van der Waals surface area contributed by atoms with Crippen LogP contribution in [-0.4, -0.2) is 41.2 Å². The van der Waals surface area contributed by atoms with Gasteiger partial charge in [-0.1, -0.05) is 12.1 Å². The SMILES string of the molecule is c1ccc(CN2CCOC[C@H](Cc3ccc4[nH]ccc4c3)C2)nc1. The van der Waals surface area contributed by atoms with E-state index in [4.69, 9.17) is 4.74 Å². The fourth-order valence-corrected chi connectivity index (χ4v) is 3.50. The quantitative estimate of drug-likeness (QED) is 0.802. The maximum atomic E-state index is 5.85. The Labute approximate surface area is 142 Å². The van der Waals surface area contributed by atoms with Crippen molar-refractivity contribution in [2.75, 3.05) is 26.3 Å². The lowest BCUT2D eigenvalue weighted by Gasteiger charge is -2.23. The normalized spacial score (nSPS) is 19.4. The minimum absolute atomic E-state index is 0.521. The van der Waals surface area contributed by atoms with Gasteiger partial charge in [0.15, 0.2) is 0 Å². The van der Waals surface area contributed by atoms with Gasteiger partial charge in [-0.15, -0.1) is 0 Å². The highest BCUT2D eigenvalue weighted by Crippen LogP contribution is 2.19. The lowest BCUT2D eigenvalue weighted by molar-refractivity contribution is 0.121. The van der Waals surface area contributed by atoms with Gasteiger partial charge in [0, 0.05) is 37.5 Å². The molecule has 3 heterocycles. The van der Waals surface area contributed by atoms with E-state index in [1.807, 2.05) is 18.5 Å². The van der Waals surface area contributed by atoms with Crippen molar-refractivity contribution < 1.29 is 4.74 Å². The minimum Gasteiger partial charge on any atom is -0.380 e. The first-order valence-corrected chi connectivity index (χ1v) is 8.63. The molecule has 3 aromatic rings. The molecule has 1 fully saturated rings. The van der Waals surface area contributed by atoms with E-state index in [0.29, 0.717) is 5.92 Å². The number of fused-ring (bicyclic) bond motifs is 1. The second kappa shape index (κ2) is 7.16. The zero-order valence-corrected chi connectivity index (χ0v) is 13.8. The van der Waals surface area contributed by atoms with Gasteiger partial charge in [0.25, 0.3) is 0 Å². The van der Waals surface area contributed by atoms with Crippen LogP contribution in [0.25, 0.3) is 10.9 Å². The van der Waals surface area contributed by atoms with Crippen molar-refractivity contribution in [2.45, 2.75) is 13.0 Å². The summed E-state index contributed by atoms with van der Waals surface area (Å²) < 4.78 is 5.85. The third kappa shape index (κ3) is 3.66. The molecule has 1 N–H and O–H groups in total. The van der Waals surface area contributed by atoms with Crippen LogP contribution in [-0.2, 0) is 17.7 Å². The number of benzene rings is 1. The lowest BCUT2D eigenvalue weighted by Crippen LogP contribution is -2.30. The summed E-state index contributed by atoms with van der Waals surface area (Å²) in [4.78, 5) is 10.2. The highest BCUT2D eigenvalue weighted by atomic mass is 16.5. The van der Waals surface area contributed by atoms with Crippen molar-refractivity contribution >= 4 is 10.9 Å². The number of H-pyrrole nitrogens is 1. The minimum atomic E-state index is 0.521. The second-order valence-electron chi connectivity index (χ2n) is 6.60. The smallest absolute Gasteiger partial charge is 0.0593 e. The molecule has 2 aromatic heterocycles. The van der Waals surface area contributed by atoms with Crippen molar-refractivity contribution in [3.05, 3.63) is 66.1 Å². The number of aromatic nitrogens is 2. The van der Waals surface area contributed by atoms with Crippen LogP contribution in [0, 0.1) is 5.92 Å². The van der Waals surface area contributed by atoms with E-state index in [9.17, 15) is 0 Å². The van der Waals surface area contributed by atoms with Crippen molar-refractivity contribution in [1.82, 2.24) is 14.9 Å². The van der Waals surface area contributed by atoms with Crippen LogP contribution in [0.1, 0.15) is 11.3 Å². The summed E-state index contributed by atoms with van der Waals surface area (Å²) in [5.74, 6) is 0.521. The maximum Gasteiger partial charge on any atom is 0.0593 e. The molecule has 4 nitrogen and oxygen atoms in total. The van der Waals surface area contributed by atoms with Gasteiger partial charge in [0.2, 0.25) is 0 Å². The molecular weight excluding hydrogens is 298 g/mol. The summed E-state index contributed by atoms with van der Waals surface area (Å²) >= 11 is 0. The predicted molar refractivity (Wildman–Crippen MR) is 95.8 cm³/mol. The largest absolute Gasteiger partial charge is 0.380 e. The molecule has 0 radical (unpaired) electrons. The van der Waals surface area contributed by atoms with Crippen molar-refractivity contribution in [3.63, 3.8) is 0 Å². The number of nitrogens with zero attached hydrogens (tertiary/aromatic N) is 2. The van der Waals surface area contributed by atoms with E-state index in [2.05, 4.69) is 51.3 Å². The van der Waals surface area contributed by atoms with Gasteiger partial charge in [-0.2, -0.15) is 0 Å². The fraction of sp³-hybridized carbons (Fsp3) is 0.350. The lowest BCUT2D eigenvalue weighted by atomic mass is 9.98. The molecule has 0 unspecified atom stereocenters. The molecule has 0 amide bonds. The van der Waals surface area contributed by atoms with Crippen LogP contribution in [0.3, 0.4) is 0 Å². The molecule has 4 heteroatoms. The Morgan fingerprint density at radius 2 is 2.21 bits per heavy atom. The highest BCUT2D eigenvalue weighted by molar-refractivity contribution is 5.79. The van der Waals surface area contributed by atoms with Gasteiger partial charge >= 0.3 is 0 Å². The Hall–Kier alpha value is -2.17. The maximum absolute atomic E-state index is 5.85. The molecule has 24 heavy (non-hydrogen) atoms. The molecule has 0 spiro atoms. The first-order valence-electron chi connectivity index (χ1n) is 8.63. The topological polar surface area (TPSA) is 41.1 Å². The van der Waals surface area contributed by atoms with E-state index < -0.39 is 0 Å². The van der Waals surface area contributed by atoms with Gasteiger partial charge in [-0.3, -0.25) is 9.88 Å². The number of pyridine rings is 1. The number of rotatable bonds is 4. The summed E-state index contributed by atoms with van der Waals surface area (Å²) in [7, 11) is 0. The Morgan fingerprint density at radius 1 is 1.21 bits per heavy atom. The van der Waals surface area contributed by atoms with Crippen molar-refractivity contribution in [1.29, 1.82) is 0 Å². The summed E-state index contributed by atoms with van der Waals surface area (Å²) in [5, 5.41) is 1.28. The summed E-state index contributed by atoms with van der Waals surface area (Å²) in [6.45, 7) is 4.58. The van der Waals surface area contributed by atoms with Crippen LogP contribution < -0.4 is 0 Å². The standard InChI is InChI=1S/C20H23N3O/c1-2-7-21-19(3-1)14-23-9-10-24-15-17(13-23)11-16-4-5-20-18(12-16)6-8-22-20/h1-8,12,17,22H,9-11,13-15H2/t17-/m1/s1. The van der Waals surface area contributed by atoms with E-state index in [-0.39, 0.29) is 0 Å². The Bertz CT molecular complexity index is 784. The summed E-state index contributed by atoms with van der Waals surface area (Å²) in [6, 6.07) is 15.0. The molecule has 0 aliphatic carbocycles. The van der Waals surface area contributed by atoms with Gasteiger partial charge in [0.1, 0.15) is 0 Å².